The number of fused-ring (bicyclic) bond motifs is 1. The summed E-state index contributed by atoms with van der Waals surface area (Å²) in [4.78, 5) is 29.4. The highest BCUT2D eigenvalue weighted by atomic mass is 19.1. The van der Waals surface area contributed by atoms with Gasteiger partial charge < -0.3 is 20.5 Å². The average Bonchev–Trinajstić information content (AvgIpc) is 2.89. The number of nitro benzene ring substituents is 1. The molecule has 1 atom stereocenters. The Bertz CT molecular complexity index is 1250. The van der Waals surface area contributed by atoms with Crippen molar-refractivity contribution in [3.05, 3.63) is 70.2 Å². The monoisotopic (exact) mass is 497 g/mol. The van der Waals surface area contributed by atoms with Crippen LogP contribution in [0.4, 0.5) is 15.8 Å². The number of pyridine rings is 1. The van der Waals surface area contributed by atoms with Crippen LogP contribution in [0.25, 0.3) is 10.9 Å². The van der Waals surface area contributed by atoms with Gasteiger partial charge in [-0.15, -0.1) is 0 Å². The molecule has 2 heterocycles. The van der Waals surface area contributed by atoms with E-state index in [0.29, 0.717) is 11.3 Å². The first kappa shape index (κ1) is 25.4. The number of piperidine rings is 1. The van der Waals surface area contributed by atoms with Crippen molar-refractivity contribution in [3.63, 3.8) is 0 Å². The first-order chi connectivity index (χ1) is 17.4. The second kappa shape index (κ2) is 11.4. The summed E-state index contributed by atoms with van der Waals surface area (Å²) in [7, 11) is 1.57. The van der Waals surface area contributed by atoms with E-state index in [9.17, 15) is 24.4 Å². The lowest BCUT2D eigenvalue weighted by Gasteiger charge is -2.35. The number of carbonyl (C=O) groups excluding carboxylic acids is 1. The molecule has 0 unspecified atom stereocenters. The summed E-state index contributed by atoms with van der Waals surface area (Å²) in [5.41, 5.74) is 0.813. The average molecular weight is 498 g/mol. The van der Waals surface area contributed by atoms with E-state index in [1.54, 1.807) is 25.4 Å². The molecule has 3 aromatic rings. The van der Waals surface area contributed by atoms with Gasteiger partial charge in [0.15, 0.2) is 0 Å². The molecule has 0 bridgehead atoms. The lowest BCUT2D eigenvalue weighted by molar-refractivity contribution is -0.387. The second-order valence-electron chi connectivity index (χ2n) is 8.68. The first-order valence-electron chi connectivity index (χ1n) is 11.6. The third-order valence-corrected chi connectivity index (χ3v) is 6.35. The van der Waals surface area contributed by atoms with Gasteiger partial charge in [0.25, 0.3) is 0 Å². The van der Waals surface area contributed by atoms with Crippen LogP contribution >= 0.6 is 0 Å². The van der Waals surface area contributed by atoms with Crippen molar-refractivity contribution in [1.82, 2.24) is 15.2 Å². The van der Waals surface area contributed by atoms with Gasteiger partial charge in [0.2, 0.25) is 11.7 Å². The summed E-state index contributed by atoms with van der Waals surface area (Å²) in [6.45, 7) is 1.73. The SMILES string of the molecule is COc1ccc2nccc([C@@H](O)CN(CC(=O)Nc3ccc(F)c([N+](=O)[O-])c3)C3CCNCC3)c2c1. The molecule has 1 aliphatic rings. The van der Waals surface area contributed by atoms with Crippen molar-refractivity contribution in [1.29, 1.82) is 0 Å². The lowest BCUT2D eigenvalue weighted by atomic mass is 10.0. The van der Waals surface area contributed by atoms with Crippen LogP contribution in [0.2, 0.25) is 0 Å². The Balaban J connectivity index is 1.54. The van der Waals surface area contributed by atoms with Crippen LogP contribution < -0.4 is 15.4 Å². The molecule has 4 rings (SSSR count). The number of rotatable bonds is 9. The molecule has 11 heteroatoms. The standard InChI is InChI=1S/C25H28FN5O5/c1-36-18-3-5-22-20(13-18)19(8-11-28-22)24(32)14-30(17-6-9-27-10-7-17)15-25(33)29-16-2-4-21(26)23(12-16)31(34)35/h2-5,8,11-13,17,24,27,32H,6-7,9-10,14-15H2,1H3,(H,29,33)/t24-/m0/s1. The van der Waals surface area contributed by atoms with Gasteiger partial charge in [-0.3, -0.25) is 24.8 Å². The molecule has 190 valence electrons. The highest BCUT2D eigenvalue weighted by Crippen LogP contribution is 2.28. The van der Waals surface area contributed by atoms with Gasteiger partial charge in [-0.05, 0) is 67.9 Å². The van der Waals surface area contributed by atoms with E-state index >= 15 is 0 Å². The summed E-state index contributed by atoms with van der Waals surface area (Å²) >= 11 is 0. The molecule has 0 aliphatic carbocycles. The van der Waals surface area contributed by atoms with Crippen molar-refractivity contribution in [2.24, 2.45) is 0 Å². The number of aliphatic hydroxyl groups is 1. The number of benzene rings is 2. The number of aromatic nitrogens is 1. The summed E-state index contributed by atoms with van der Waals surface area (Å²) in [5.74, 6) is -0.742. The smallest absolute Gasteiger partial charge is 0.306 e. The normalized spacial score (nSPS) is 15.1. The minimum Gasteiger partial charge on any atom is -0.497 e. The number of methoxy groups -OCH3 is 1. The number of carbonyl (C=O) groups is 1. The molecule has 1 saturated heterocycles. The number of hydrogen-bond donors (Lipinski definition) is 3. The number of aliphatic hydroxyl groups excluding tert-OH is 1. The van der Waals surface area contributed by atoms with Crippen LogP contribution in [0.15, 0.2) is 48.7 Å². The van der Waals surface area contributed by atoms with Crippen LogP contribution in [0.5, 0.6) is 5.75 Å². The van der Waals surface area contributed by atoms with Crippen LogP contribution in [0.1, 0.15) is 24.5 Å². The van der Waals surface area contributed by atoms with Crippen molar-refractivity contribution in [3.8, 4) is 5.75 Å². The van der Waals surface area contributed by atoms with Crippen molar-refractivity contribution in [2.75, 3.05) is 38.6 Å². The summed E-state index contributed by atoms with van der Waals surface area (Å²) in [6, 6.07) is 10.5. The number of halogens is 1. The molecule has 0 spiro atoms. The Labute approximate surface area is 207 Å². The Morgan fingerprint density at radius 2 is 2.08 bits per heavy atom. The summed E-state index contributed by atoms with van der Waals surface area (Å²) in [5, 5.41) is 28.9. The summed E-state index contributed by atoms with van der Waals surface area (Å²) < 4.78 is 19.0. The lowest BCUT2D eigenvalue weighted by Crippen LogP contribution is -2.47. The maximum atomic E-state index is 13.7. The Morgan fingerprint density at radius 1 is 1.31 bits per heavy atom. The third kappa shape index (κ3) is 5.93. The number of nitrogens with one attached hydrogen (secondary N) is 2. The van der Waals surface area contributed by atoms with Gasteiger partial charge in [0.1, 0.15) is 5.75 Å². The van der Waals surface area contributed by atoms with E-state index in [1.807, 2.05) is 17.0 Å². The number of anilines is 1. The minimum absolute atomic E-state index is 0.0424. The van der Waals surface area contributed by atoms with E-state index in [4.69, 9.17) is 4.74 Å². The predicted octanol–water partition coefficient (Wildman–Crippen LogP) is 3.02. The first-order valence-corrected chi connectivity index (χ1v) is 11.6. The number of ether oxygens (including phenoxy) is 1. The molecule has 1 aromatic heterocycles. The maximum Gasteiger partial charge on any atom is 0.306 e. The molecule has 0 radical (unpaired) electrons. The highest BCUT2D eigenvalue weighted by molar-refractivity contribution is 5.92. The van der Waals surface area contributed by atoms with Crippen LogP contribution in [0.3, 0.4) is 0 Å². The van der Waals surface area contributed by atoms with Crippen LogP contribution in [0, 0.1) is 15.9 Å². The van der Waals surface area contributed by atoms with Gasteiger partial charge in [-0.2, -0.15) is 4.39 Å². The zero-order valence-electron chi connectivity index (χ0n) is 19.8. The molecule has 1 aliphatic heterocycles. The third-order valence-electron chi connectivity index (χ3n) is 6.35. The molecular formula is C25H28FN5O5. The number of amides is 1. The van der Waals surface area contributed by atoms with Crippen LogP contribution in [-0.4, -0.2) is 65.2 Å². The Hall–Kier alpha value is -3.67. The highest BCUT2D eigenvalue weighted by Gasteiger charge is 2.27. The van der Waals surface area contributed by atoms with Gasteiger partial charge in [0, 0.05) is 35.9 Å². The molecule has 10 nitrogen and oxygen atoms in total. The zero-order chi connectivity index (χ0) is 25.7. The number of nitrogens with zero attached hydrogens (tertiary/aromatic N) is 3. The molecule has 2 aromatic carbocycles. The van der Waals surface area contributed by atoms with Gasteiger partial charge in [0.05, 0.1) is 30.2 Å². The Kier molecular flexibility index (Phi) is 8.04. The molecular weight excluding hydrogens is 469 g/mol. The van der Waals surface area contributed by atoms with E-state index in [-0.39, 0.29) is 24.8 Å². The Morgan fingerprint density at radius 3 is 2.81 bits per heavy atom. The quantitative estimate of drug-likeness (QED) is 0.304. The number of hydrogen-bond acceptors (Lipinski definition) is 8. The van der Waals surface area contributed by atoms with E-state index in [1.165, 1.54) is 6.07 Å². The fraction of sp³-hybridized carbons (Fsp3) is 0.360. The van der Waals surface area contributed by atoms with E-state index in [0.717, 1.165) is 49.0 Å². The van der Waals surface area contributed by atoms with Crippen LogP contribution in [-0.2, 0) is 4.79 Å². The van der Waals surface area contributed by atoms with E-state index in [2.05, 4.69) is 15.6 Å². The minimum atomic E-state index is -0.973. The van der Waals surface area contributed by atoms with Gasteiger partial charge in [-0.1, -0.05) is 0 Å². The van der Waals surface area contributed by atoms with Gasteiger partial charge in [-0.25, -0.2) is 0 Å². The topological polar surface area (TPSA) is 130 Å². The molecule has 1 fully saturated rings. The maximum absolute atomic E-state index is 13.7. The second-order valence-corrected chi connectivity index (χ2v) is 8.68. The van der Waals surface area contributed by atoms with Crippen molar-refractivity contribution >= 4 is 28.2 Å². The zero-order valence-corrected chi connectivity index (χ0v) is 19.8. The molecule has 0 saturated carbocycles. The van der Waals surface area contributed by atoms with Crippen molar-refractivity contribution in [2.45, 2.75) is 25.0 Å². The predicted molar refractivity (Wildman–Crippen MR) is 132 cm³/mol. The summed E-state index contributed by atoms with van der Waals surface area (Å²) in [6.07, 6.45) is 2.33. The van der Waals surface area contributed by atoms with Gasteiger partial charge >= 0.3 is 5.69 Å². The van der Waals surface area contributed by atoms with Crippen molar-refractivity contribution < 1.29 is 24.0 Å². The largest absolute Gasteiger partial charge is 0.497 e. The molecule has 3 N–H and O–H groups in total. The fourth-order valence-corrected chi connectivity index (χ4v) is 4.51. The fourth-order valence-electron chi connectivity index (χ4n) is 4.51. The van der Waals surface area contributed by atoms with E-state index < -0.39 is 28.4 Å². The number of nitro groups is 1. The molecule has 36 heavy (non-hydrogen) atoms. The molecule has 1 amide bonds.